The molecule has 1 saturated carbocycles. The number of nitrogens with zero attached hydrogens (tertiary/aromatic N) is 2. The van der Waals surface area contributed by atoms with Crippen LogP contribution in [0.4, 0.5) is 11.4 Å². The quantitative estimate of drug-likeness (QED) is 0.761. The Kier molecular flexibility index (Phi) is 6.10. The minimum atomic E-state index is -0.111. The van der Waals surface area contributed by atoms with Crippen LogP contribution in [0.1, 0.15) is 29.6 Å². The maximum atomic E-state index is 12.5. The summed E-state index contributed by atoms with van der Waals surface area (Å²) in [5.74, 6) is -0.164. The van der Waals surface area contributed by atoms with Gasteiger partial charge in [-0.3, -0.25) is 14.5 Å². The summed E-state index contributed by atoms with van der Waals surface area (Å²) in [6, 6.07) is 17.9. The lowest BCUT2D eigenvalue weighted by atomic mass is 10.1. The van der Waals surface area contributed by atoms with Crippen LogP contribution >= 0.6 is 0 Å². The number of hydrogen-bond donors (Lipinski definition) is 2. The lowest BCUT2D eigenvalue weighted by Gasteiger charge is -2.36. The first-order valence-electron chi connectivity index (χ1n) is 10.4. The number of piperazine rings is 1. The van der Waals surface area contributed by atoms with Crippen molar-refractivity contribution in [3.63, 3.8) is 0 Å². The van der Waals surface area contributed by atoms with Crippen LogP contribution in [0.3, 0.4) is 0 Å². The number of nitrogens with one attached hydrogen (secondary N) is 2. The topological polar surface area (TPSA) is 64.7 Å². The van der Waals surface area contributed by atoms with Gasteiger partial charge < -0.3 is 15.5 Å². The molecule has 6 heteroatoms. The fourth-order valence-electron chi connectivity index (χ4n) is 3.62. The third kappa shape index (κ3) is 5.35. The average Bonchev–Trinajstić information content (AvgIpc) is 3.57. The number of carbonyl (C=O) groups excluding carboxylic acids is 2. The summed E-state index contributed by atoms with van der Waals surface area (Å²) < 4.78 is 0. The van der Waals surface area contributed by atoms with Gasteiger partial charge in [-0.1, -0.05) is 30.3 Å². The molecule has 29 heavy (non-hydrogen) atoms. The third-order valence-electron chi connectivity index (χ3n) is 5.51. The molecule has 2 aliphatic rings. The minimum absolute atomic E-state index is 0.0536. The second-order valence-corrected chi connectivity index (χ2v) is 7.76. The Bertz CT molecular complexity index is 843. The summed E-state index contributed by atoms with van der Waals surface area (Å²) in [7, 11) is 0. The first-order chi connectivity index (χ1) is 14.2. The summed E-state index contributed by atoms with van der Waals surface area (Å²) in [6.07, 6.45) is 2.50. The molecule has 0 aromatic heterocycles. The lowest BCUT2D eigenvalue weighted by Crippen LogP contribution is -2.47. The van der Waals surface area contributed by atoms with Crippen molar-refractivity contribution < 1.29 is 9.59 Å². The van der Waals surface area contributed by atoms with Crippen molar-refractivity contribution in [1.29, 1.82) is 0 Å². The Morgan fingerprint density at radius 2 is 1.59 bits per heavy atom. The summed E-state index contributed by atoms with van der Waals surface area (Å²) in [4.78, 5) is 29.5. The van der Waals surface area contributed by atoms with E-state index in [9.17, 15) is 9.59 Å². The van der Waals surface area contributed by atoms with E-state index in [1.54, 1.807) is 12.1 Å². The van der Waals surface area contributed by atoms with Crippen molar-refractivity contribution in [2.75, 3.05) is 42.9 Å². The highest BCUT2D eigenvalue weighted by Crippen LogP contribution is 2.22. The molecular formula is C23H28N4O2. The molecule has 1 saturated heterocycles. The van der Waals surface area contributed by atoms with Crippen LogP contribution < -0.4 is 15.5 Å². The summed E-state index contributed by atoms with van der Waals surface area (Å²) in [6.45, 7) is 4.56. The minimum Gasteiger partial charge on any atom is -0.369 e. The predicted octanol–water partition coefficient (Wildman–Crippen LogP) is 2.73. The van der Waals surface area contributed by atoms with Crippen LogP contribution in [-0.4, -0.2) is 55.5 Å². The Morgan fingerprint density at radius 1 is 0.897 bits per heavy atom. The summed E-state index contributed by atoms with van der Waals surface area (Å²) >= 11 is 0. The van der Waals surface area contributed by atoms with Crippen LogP contribution in [0.5, 0.6) is 0 Å². The number of amides is 2. The second kappa shape index (κ2) is 9.09. The third-order valence-corrected chi connectivity index (χ3v) is 5.51. The monoisotopic (exact) mass is 392 g/mol. The van der Waals surface area contributed by atoms with Crippen LogP contribution in [0.15, 0.2) is 54.6 Å². The molecule has 0 radical (unpaired) electrons. The van der Waals surface area contributed by atoms with Crippen molar-refractivity contribution >= 4 is 23.2 Å². The number of para-hydroxylation sites is 2. The molecule has 0 spiro atoms. The molecule has 2 amide bonds. The molecule has 1 heterocycles. The van der Waals surface area contributed by atoms with E-state index in [0.29, 0.717) is 23.7 Å². The Labute approximate surface area is 171 Å². The van der Waals surface area contributed by atoms with Gasteiger partial charge in [0.05, 0.1) is 11.3 Å². The van der Waals surface area contributed by atoms with Crippen molar-refractivity contribution in [3.05, 3.63) is 60.2 Å². The zero-order valence-electron chi connectivity index (χ0n) is 16.6. The molecule has 2 fully saturated rings. The number of carbonyl (C=O) groups is 2. The molecule has 1 aliphatic heterocycles. The van der Waals surface area contributed by atoms with E-state index in [2.05, 4.69) is 44.7 Å². The molecule has 0 unspecified atom stereocenters. The molecule has 6 nitrogen and oxygen atoms in total. The van der Waals surface area contributed by atoms with Gasteiger partial charge >= 0.3 is 0 Å². The van der Waals surface area contributed by atoms with E-state index in [-0.39, 0.29) is 11.8 Å². The second-order valence-electron chi connectivity index (χ2n) is 7.76. The lowest BCUT2D eigenvalue weighted by molar-refractivity contribution is -0.116. The van der Waals surface area contributed by atoms with Crippen molar-refractivity contribution in [1.82, 2.24) is 10.2 Å². The van der Waals surface area contributed by atoms with Gasteiger partial charge in [-0.15, -0.1) is 0 Å². The predicted molar refractivity (Wildman–Crippen MR) is 115 cm³/mol. The number of hydrogen-bond acceptors (Lipinski definition) is 4. The molecule has 0 atom stereocenters. The van der Waals surface area contributed by atoms with Crippen LogP contribution in [0.2, 0.25) is 0 Å². The van der Waals surface area contributed by atoms with Gasteiger partial charge in [-0.2, -0.15) is 0 Å². The standard InChI is InChI=1S/C23H28N4O2/c28-22(25-21-9-5-4-8-20(21)23(29)24-18-10-11-18)12-13-26-14-16-27(17-15-26)19-6-2-1-3-7-19/h1-9,18H,10-17H2,(H,24,29)(H,25,28). The Balaban J connectivity index is 1.24. The van der Waals surface area contributed by atoms with Crippen LogP contribution in [0.25, 0.3) is 0 Å². The molecule has 152 valence electrons. The Hall–Kier alpha value is -2.86. The van der Waals surface area contributed by atoms with E-state index in [4.69, 9.17) is 0 Å². The van der Waals surface area contributed by atoms with Gasteiger partial charge in [0.2, 0.25) is 5.91 Å². The molecule has 2 N–H and O–H groups in total. The molecule has 4 rings (SSSR count). The molecule has 2 aromatic carbocycles. The van der Waals surface area contributed by atoms with E-state index >= 15 is 0 Å². The summed E-state index contributed by atoms with van der Waals surface area (Å²) in [5.41, 5.74) is 2.37. The van der Waals surface area contributed by atoms with Crippen molar-refractivity contribution in [3.8, 4) is 0 Å². The highest BCUT2D eigenvalue weighted by molar-refractivity contribution is 6.03. The largest absolute Gasteiger partial charge is 0.369 e. The average molecular weight is 393 g/mol. The zero-order valence-corrected chi connectivity index (χ0v) is 16.6. The number of anilines is 2. The normalized spacial score (nSPS) is 17.0. The van der Waals surface area contributed by atoms with Crippen molar-refractivity contribution in [2.24, 2.45) is 0 Å². The smallest absolute Gasteiger partial charge is 0.253 e. The SMILES string of the molecule is O=C(CCN1CCN(c2ccccc2)CC1)Nc1ccccc1C(=O)NC1CC1. The first-order valence-corrected chi connectivity index (χ1v) is 10.4. The van der Waals surface area contributed by atoms with Gasteiger partial charge in [0.15, 0.2) is 0 Å². The fraction of sp³-hybridized carbons (Fsp3) is 0.391. The Morgan fingerprint density at radius 3 is 2.31 bits per heavy atom. The number of rotatable bonds is 7. The number of benzene rings is 2. The fourth-order valence-corrected chi connectivity index (χ4v) is 3.62. The molecular weight excluding hydrogens is 364 g/mol. The maximum absolute atomic E-state index is 12.5. The van der Waals surface area contributed by atoms with E-state index in [1.165, 1.54) is 5.69 Å². The van der Waals surface area contributed by atoms with Gasteiger partial charge in [-0.25, -0.2) is 0 Å². The molecule has 1 aliphatic carbocycles. The van der Waals surface area contributed by atoms with E-state index in [0.717, 1.165) is 45.6 Å². The van der Waals surface area contributed by atoms with Gasteiger partial charge in [0.1, 0.15) is 0 Å². The van der Waals surface area contributed by atoms with Crippen LogP contribution in [0, 0.1) is 0 Å². The van der Waals surface area contributed by atoms with Gasteiger partial charge in [0, 0.05) is 50.9 Å². The first kappa shape index (κ1) is 19.5. The highest BCUT2D eigenvalue weighted by Gasteiger charge is 2.25. The molecule has 0 bridgehead atoms. The van der Waals surface area contributed by atoms with E-state index < -0.39 is 0 Å². The van der Waals surface area contributed by atoms with Gasteiger partial charge in [0.25, 0.3) is 5.91 Å². The zero-order chi connectivity index (χ0) is 20.1. The summed E-state index contributed by atoms with van der Waals surface area (Å²) in [5, 5.41) is 5.90. The van der Waals surface area contributed by atoms with Crippen molar-refractivity contribution in [2.45, 2.75) is 25.3 Å². The van der Waals surface area contributed by atoms with Gasteiger partial charge in [-0.05, 0) is 37.1 Å². The molecule has 2 aromatic rings. The highest BCUT2D eigenvalue weighted by atomic mass is 16.2. The van der Waals surface area contributed by atoms with E-state index in [1.807, 2.05) is 18.2 Å². The van der Waals surface area contributed by atoms with Crippen LogP contribution in [-0.2, 0) is 4.79 Å². The maximum Gasteiger partial charge on any atom is 0.253 e.